The minimum Gasteiger partial charge on any atom is -0.444 e. The van der Waals surface area contributed by atoms with Crippen LogP contribution in [-0.2, 0) is 16.1 Å². The third-order valence-electron chi connectivity index (χ3n) is 4.53. The first-order valence-electron chi connectivity index (χ1n) is 10.5. The smallest absolute Gasteiger partial charge is 0.410 e. The molecule has 1 aliphatic heterocycles. The van der Waals surface area contributed by atoms with Crippen molar-refractivity contribution in [3.8, 4) is 0 Å². The van der Waals surface area contributed by atoms with E-state index in [1.165, 1.54) is 0 Å². The van der Waals surface area contributed by atoms with E-state index in [1.807, 2.05) is 56.9 Å². The van der Waals surface area contributed by atoms with Gasteiger partial charge >= 0.3 is 6.09 Å². The lowest BCUT2D eigenvalue weighted by molar-refractivity contribution is -0.117. The second-order valence-electron chi connectivity index (χ2n) is 8.34. The van der Waals surface area contributed by atoms with Crippen LogP contribution in [0.25, 0.3) is 0 Å². The number of carbonyl (C=O) groups excluding carboxylic acids is 2. The standard InChI is InChI=1S/C22H35N5O3.HI/c1-6-23-20(24-13-15-26(5)21(29)30-22(2,3)4)25-16-17-9-11-18(12-10-17)27-14-7-8-19(27)28;/h9-12H,6-8,13-16H2,1-5H3,(H2,23,24,25);1H. The lowest BCUT2D eigenvalue weighted by atomic mass is 10.2. The first-order chi connectivity index (χ1) is 14.2. The number of rotatable bonds is 7. The van der Waals surface area contributed by atoms with Crippen LogP contribution in [0.4, 0.5) is 10.5 Å². The number of likely N-dealkylation sites (N-methyl/N-ethyl adjacent to an activating group) is 1. The second kappa shape index (κ2) is 12.7. The Morgan fingerprint density at radius 1 is 1.23 bits per heavy atom. The van der Waals surface area contributed by atoms with Crippen molar-refractivity contribution in [3.63, 3.8) is 0 Å². The molecule has 1 aliphatic rings. The third kappa shape index (κ3) is 9.32. The Labute approximate surface area is 202 Å². The number of ether oxygens (including phenoxy) is 1. The minimum absolute atomic E-state index is 0. The number of guanidine groups is 1. The van der Waals surface area contributed by atoms with Crippen LogP contribution in [-0.4, -0.2) is 61.7 Å². The molecule has 1 saturated heterocycles. The van der Waals surface area contributed by atoms with Crippen LogP contribution < -0.4 is 15.5 Å². The highest BCUT2D eigenvalue weighted by Gasteiger charge is 2.21. The maximum Gasteiger partial charge on any atom is 0.410 e. The molecule has 0 spiro atoms. The molecule has 0 bridgehead atoms. The number of anilines is 1. The van der Waals surface area contributed by atoms with Gasteiger partial charge in [-0.3, -0.25) is 4.79 Å². The number of hydrogen-bond acceptors (Lipinski definition) is 4. The van der Waals surface area contributed by atoms with Crippen molar-refractivity contribution < 1.29 is 14.3 Å². The molecule has 0 saturated carbocycles. The molecule has 1 heterocycles. The summed E-state index contributed by atoms with van der Waals surface area (Å²) in [5.74, 6) is 0.879. The van der Waals surface area contributed by atoms with E-state index in [1.54, 1.807) is 11.9 Å². The van der Waals surface area contributed by atoms with Crippen LogP contribution in [0.3, 0.4) is 0 Å². The maximum atomic E-state index is 12.0. The van der Waals surface area contributed by atoms with E-state index < -0.39 is 5.60 Å². The summed E-state index contributed by atoms with van der Waals surface area (Å²) in [6, 6.07) is 7.96. The van der Waals surface area contributed by atoms with Gasteiger partial charge in [-0.05, 0) is 51.8 Å². The van der Waals surface area contributed by atoms with Gasteiger partial charge in [-0.25, -0.2) is 9.79 Å². The van der Waals surface area contributed by atoms with Crippen LogP contribution in [0.2, 0.25) is 0 Å². The molecule has 2 amide bonds. The van der Waals surface area contributed by atoms with Crippen molar-refractivity contribution in [2.24, 2.45) is 4.99 Å². The van der Waals surface area contributed by atoms with Gasteiger partial charge in [0.1, 0.15) is 5.60 Å². The van der Waals surface area contributed by atoms with Crippen LogP contribution in [0, 0.1) is 0 Å². The summed E-state index contributed by atoms with van der Waals surface area (Å²) in [5.41, 5.74) is 1.50. The third-order valence-corrected chi connectivity index (χ3v) is 4.53. The molecular weight excluding hydrogens is 509 g/mol. The van der Waals surface area contributed by atoms with Gasteiger partial charge in [-0.1, -0.05) is 12.1 Å². The number of nitrogens with one attached hydrogen (secondary N) is 2. The lowest BCUT2D eigenvalue weighted by Crippen LogP contribution is -2.43. The maximum absolute atomic E-state index is 12.0. The fraction of sp³-hybridized carbons (Fsp3) is 0.591. The summed E-state index contributed by atoms with van der Waals surface area (Å²) >= 11 is 0. The van der Waals surface area contributed by atoms with Crippen molar-refractivity contribution in [1.29, 1.82) is 0 Å². The quantitative estimate of drug-likeness (QED) is 0.312. The van der Waals surface area contributed by atoms with Gasteiger partial charge < -0.3 is 25.2 Å². The molecule has 0 atom stereocenters. The van der Waals surface area contributed by atoms with Gasteiger partial charge in [-0.2, -0.15) is 0 Å². The van der Waals surface area contributed by atoms with E-state index in [0.29, 0.717) is 32.0 Å². The summed E-state index contributed by atoms with van der Waals surface area (Å²) < 4.78 is 5.35. The van der Waals surface area contributed by atoms with Gasteiger partial charge in [0.15, 0.2) is 5.96 Å². The fourth-order valence-electron chi connectivity index (χ4n) is 2.99. The number of hydrogen-bond donors (Lipinski definition) is 2. The molecule has 0 unspecified atom stereocenters. The topological polar surface area (TPSA) is 86.3 Å². The van der Waals surface area contributed by atoms with Crippen LogP contribution >= 0.6 is 24.0 Å². The Bertz CT molecular complexity index is 747. The van der Waals surface area contributed by atoms with Crippen LogP contribution in [0.15, 0.2) is 29.3 Å². The molecule has 1 fully saturated rings. The molecule has 31 heavy (non-hydrogen) atoms. The van der Waals surface area contributed by atoms with Gasteiger partial charge in [-0.15, -0.1) is 24.0 Å². The van der Waals surface area contributed by atoms with Gasteiger partial charge in [0.2, 0.25) is 5.91 Å². The molecule has 2 rings (SSSR count). The lowest BCUT2D eigenvalue weighted by Gasteiger charge is -2.24. The average Bonchev–Trinajstić information content (AvgIpc) is 3.11. The highest BCUT2D eigenvalue weighted by molar-refractivity contribution is 14.0. The SMILES string of the molecule is CCNC(=NCc1ccc(N2CCCC2=O)cc1)NCCN(C)C(=O)OC(C)(C)C.I. The first-order valence-corrected chi connectivity index (χ1v) is 10.5. The Hall–Kier alpha value is -2.04. The molecular formula is C22H36IN5O3. The van der Waals surface area contributed by atoms with Crippen LogP contribution in [0.1, 0.15) is 46.1 Å². The van der Waals surface area contributed by atoms with E-state index in [-0.39, 0.29) is 36.0 Å². The van der Waals surface area contributed by atoms with Gasteiger partial charge in [0.05, 0.1) is 6.54 Å². The normalized spacial score (nSPS) is 14.2. The number of halogens is 1. The molecule has 0 aromatic heterocycles. The number of amides is 2. The van der Waals surface area contributed by atoms with E-state index in [0.717, 1.165) is 30.8 Å². The zero-order chi connectivity index (χ0) is 22.1. The van der Waals surface area contributed by atoms with Gasteiger partial charge in [0, 0.05) is 45.3 Å². The fourth-order valence-corrected chi connectivity index (χ4v) is 2.99. The van der Waals surface area contributed by atoms with E-state index in [4.69, 9.17) is 4.74 Å². The summed E-state index contributed by atoms with van der Waals surface area (Å²) in [7, 11) is 1.71. The molecule has 174 valence electrons. The Morgan fingerprint density at radius 3 is 2.45 bits per heavy atom. The molecule has 0 radical (unpaired) electrons. The Balaban J connectivity index is 0.00000480. The molecule has 9 heteroatoms. The zero-order valence-electron chi connectivity index (χ0n) is 19.2. The Kier molecular flexibility index (Phi) is 11.1. The van der Waals surface area contributed by atoms with Crippen molar-refractivity contribution in [2.45, 2.75) is 52.7 Å². The molecule has 1 aromatic rings. The van der Waals surface area contributed by atoms with Gasteiger partial charge in [0.25, 0.3) is 0 Å². The number of nitrogens with zero attached hydrogens (tertiary/aromatic N) is 3. The molecule has 0 aliphatic carbocycles. The average molecular weight is 545 g/mol. The highest BCUT2D eigenvalue weighted by atomic mass is 127. The second-order valence-corrected chi connectivity index (χ2v) is 8.34. The van der Waals surface area contributed by atoms with E-state index in [2.05, 4.69) is 15.6 Å². The predicted molar refractivity (Wildman–Crippen MR) is 135 cm³/mol. The first kappa shape index (κ1) is 27.0. The molecule has 1 aromatic carbocycles. The predicted octanol–water partition coefficient (Wildman–Crippen LogP) is 3.35. The monoisotopic (exact) mass is 545 g/mol. The largest absolute Gasteiger partial charge is 0.444 e. The van der Waals surface area contributed by atoms with Crippen LogP contribution in [0.5, 0.6) is 0 Å². The highest BCUT2D eigenvalue weighted by Crippen LogP contribution is 2.21. The van der Waals surface area contributed by atoms with Crippen molar-refractivity contribution >= 4 is 47.6 Å². The molecule has 8 nitrogen and oxygen atoms in total. The Morgan fingerprint density at radius 2 is 1.90 bits per heavy atom. The van der Waals surface area contributed by atoms with Crippen molar-refractivity contribution in [2.75, 3.05) is 38.1 Å². The van der Waals surface area contributed by atoms with Crippen molar-refractivity contribution in [3.05, 3.63) is 29.8 Å². The summed E-state index contributed by atoms with van der Waals surface area (Å²) in [6.45, 7) is 10.7. The van der Waals surface area contributed by atoms with Crippen molar-refractivity contribution in [1.82, 2.24) is 15.5 Å². The van der Waals surface area contributed by atoms with E-state index in [9.17, 15) is 9.59 Å². The summed E-state index contributed by atoms with van der Waals surface area (Å²) in [4.78, 5) is 31.9. The summed E-state index contributed by atoms with van der Waals surface area (Å²) in [6.07, 6.45) is 1.21. The number of carbonyl (C=O) groups is 2. The minimum atomic E-state index is -0.507. The molecule has 2 N–H and O–H groups in total. The van der Waals surface area contributed by atoms with E-state index >= 15 is 0 Å². The number of benzene rings is 1. The number of aliphatic imine (C=N–C) groups is 1. The zero-order valence-corrected chi connectivity index (χ0v) is 21.6. The summed E-state index contributed by atoms with van der Waals surface area (Å²) in [5, 5.41) is 6.45.